The summed E-state index contributed by atoms with van der Waals surface area (Å²) in [5, 5.41) is 0. The SMILES string of the molecule is CC(=O)C(C)NS(=O)(=O)c1ccc(Br)s1. The van der Waals surface area contributed by atoms with E-state index in [1.165, 1.54) is 19.9 Å². The molecule has 0 fully saturated rings. The summed E-state index contributed by atoms with van der Waals surface area (Å²) in [5.74, 6) is -0.214. The summed E-state index contributed by atoms with van der Waals surface area (Å²) in [6.45, 7) is 2.86. The molecule has 0 spiro atoms. The summed E-state index contributed by atoms with van der Waals surface area (Å²) < 4.78 is 26.6. The number of nitrogens with one attached hydrogen (secondary N) is 1. The summed E-state index contributed by atoms with van der Waals surface area (Å²) in [7, 11) is -3.57. The fourth-order valence-electron chi connectivity index (χ4n) is 0.816. The maximum absolute atomic E-state index is 11.7. The van der Waals surface area contributed by atoms with Crippen LogP contribution in [-0.4, -0.2) is 20.2 Å². The van der Waals surface area contributed by atoms with Gasteiger partial charge < -0.3 is 0 Å². The topological polar surface area (TPSA) is 63.2 Å². The number of halogens is 1. The maximum Gasteiger partial charge on any atom is 0.250 e. The summed E-state index contributed by atoms with van der Waals surface area (Å²) in [6, 6.07) is 2.44. The number of ketones is 1. The van der Waals surface area contributed by atoms with Crippen molar-refractivity contribution in [2.45, 2.75) is 24.1 Å². The third-order valence-corrected chi connectivity index (χ3v) is 5.41. The summed E-state index contributed by atoms with van der Waals surface area (Å²) in [6.07, 6.45) is 0. The fraction of sp³-hybridized carbons (Fsp3) is 0.375. The monoisotopic (exact) mass is 311 g/mol. The molecule has 0 radical (unpaired) electrons. The van der Waals surface area contributed by atoms with Gasteiger partial charge in [-0.1, -0.05) is 0 Å². The van der Waals surface area contributed by atoms with Crippen molar-refractivity contribution in [2.24, 2.45) is 0 Å². The van der Waals surface area contributed by atoms with Gasteiger partial charge in [0.25, 0.3) is 10.0 Å². The van der Waals surface area contributed by atoms with Crippen molar-refractivity contribution >= 4 is 43.1 Å². The number of carbonyl (C=O) groups is 1. The van der Waals surface area contributed by atoms with Crippen molar-refractivity contribution < 1.29 is 13.2 Å². The average Bonchev–Trinajstić information content (AvgIpc) is 2.51. The van der Waals surface area contributed by atoms with Crippen LogP contribution in [0.5, 0.6) is 0 Å². The zero-order chi connectivity index (χ0) is 11.6. The Labute approximate surface area is 101 Å². The Bertz CT molecular complexity index is 466. The minimum absolute atomic E-state index is 0.197. The molecule has 1 aromatic heterocycles. The predicted octanol–water partition coefficient (Wildman–Crippen LogP) is 1.77. The van der Waals surface area contributed by atoms with Gasteiger partial charge in [0.05, 0.1) is 9.83 Å². The highest BCUT2D eigenvalue weighted by molar-refractivity contribution is 9.11. The van der Waals surface area contributed by atoms with Gasteiger partial charge in [-0.15, -0.1) is 11.3 Å². The van der Waals surface area contributed by atoms with E-state index in [0.717, 1.165) is 15.1 Å². The van der Waals surface area contributed by atoms with Crippen molar-refractivity contribution in [1.82, 2.24) is 4.72 Å². The molecule has 0 aliphatic rings. The first-order valence-electron chi connectivity index (χ1n) is 4.11. The molecule has 4 nitrogen and oxygen atoms in total. The number of hydrogen-bond donors (Lipinski definition) is 1. The number of carbonyl (C=O) groups excluding carboxylic acids is 1. The second-order valence-electron chi connectivity index (χ2n) is 3.01. The molecule has 0 aromatic carbocycles. The first-order valence-corrected chi connectivity index (χ1v) is 7.20. The minimum atomic E-state index is -3.57. The predicted molar refractivity (Wildman–Crippen MR) is 62.5 cm³/mol. The first kappa shape index (κ1) is 12.8. The van der Waals surface area contributed by atoms with Gasteiger partial charge in [-0.3, -0.25) is 4.79 Å². The van der Waals surface area contributed by atoms with E-state index in [0.29, 0.717) is 0 Å². The fourth-order valence-corrected chi connectivity index (χ4v) is 4.10. The Kier molecular flexibility index (Phi) is 4.05. The summed E-state index contributed by atoms with van der Waals surface area (Å²) in [4.78, 5) is 10.9. The van der Waals surface area contributed by atoms with Crippen LogP contribution in [0, 0.1) is 0 Å². The van der Waals surface area contributed by atoms with Gasteiger partial charge in [-0.25, -0.2) is 13.1 Å². The average molecular weight is 312 g/mol. The van der Waals surface area contributed by atoms with Crippen LogP contribution < -0.4 is 4.72 Å². The smallest absolute Gasteiger partial charge is 0.250 e. The molecule has 1 rings (SSSR count). The lowest BCUT2D eigenvalue weighted by atomic mass is 10.3. The van der Waals surface area contributed by atoms with Crippen LogP contribution in [0.4, 0.5) is 0 Å². The van der Waals surface area contributed by atoms with Gasteiger partial charge in [0.2, 0.25) is 0 Å². The molecular weight excluding hydrogens is 302 g/mol. The Morgan fingerprint density at radius 2 is 2.13 bits per heavy atom. The van der Waals surface area contributed by atoms with Crippen molar-refractivity contribution in [2.75, 3.05) is 0 Å². The second-order valence-corrected chi connectivity index (χ2v) is 7.42. The molecule has 0 saturated carbocycles. The normalized spacial score (nSPS) is 13.8. The maximum atomic E-state index is 11.7. The number of Topliss-reactive ketones (excluding diaryl/α,β-unsaturated/α-hetero) is 1. The van der Waals surface area contributed by atoms with Crippen LogP contribution in [0.3, 0.4) is 0 Å². The van der Waals surface area contributed by atoms with Crippen LogP contribution in [-0.2, 0) is 14.8 Å². The van der Waals surface area contributed by atoms with Gasteiger partial charge in [0, 0.05) is 0 Å². The van der Waals surface area contributed by atoms with Gasteiger partial charge in [0.15, 0.2) is 0 Å². The highest BCUT2D eigenvalue weighted by Crippen LogP contribution is 2.25. The van der Waals surface area contributed by atoms with Gasteiger partial charge >= 0.3 is 0 Å². The minimum Gasteiger partial charge on any atom is -0.298 e. The highest BCUT2D eigenvalue weighted by Gasteiger charge is 2.21. The summed E-state index contributed by atoms with van der Waals surface area (Å²) >= 11 is 4.28. The van der Waals surface area contributed by atoms with Crippen LogP contribution in [0.25, 0.3) is 0 Å². The van der Waals surface area contributed by atoms with E-state index in [1.807, 2.05) is 0 Å². The molecule has 84 valence electrons. The largest absolute Gasteiger partial charge is 0.298 e. The van der Waals surface area contributed by atoms with Crippen molar-refractivity contribution in [3.05, 3.63) is 15.9 Å². The molecular formula is C8H10BrNO3S2. The number of sulfonamides is 1. The molecule has 0 bridgehead atoms. The molecule has 1 N–H and O–H groups in total. The number of hydrogen-bond acceptors (Lipinski definition) is 4. The van der Waals surface area contributed by atoms with E-state index in [9.17, 15) is 13.2 Å². The van der Waals surface area contributed by atoms with E-state index < -0.39 is 16.1 Å². The first-order chi connectivity index (χ1) is 6.83. The lowest BCUT2D eigenvalue weighted by molar-refractivity contribution is -0.118. The second kappa shape index (κ2) is 4.73. The standard InChI is InChI=1S/C8H10BrNO3S2/c1-5(6(2)11)10-15(12,13)8-4-3-7(9)14-8/h3-5,10H,1-2H3. The Hall–Kier alpha value is -0.240. The quantitative estimate of drug-likeness (QED) is 0.921. The van der Waals surface area contributed by atoms with Crippen LogP contribution in [0.2, 0.25) is 0 Å². The Morgan fingerprint density at radius 1 is 1.53 bits per heavy atom. The van der Waals surface area contributed by atoms with Crippen LogP contribution in [0.1, 0.15) is 13.8 Å². The zero-order valence-corrected chi connectivity index (χ0v) is 11.4. The molecule has 0 amide bonds. The van der Waals surface area contributed by atoms with Crippen LogP contribution >= 0.6 is 27.3 Å². The van der Waals surface area contributed by atoms with Crippen LogP contribution in [0.15, 0.2) is 20.1 Å². The molecule has 0 saturated heterocycles. The molecule has 7 heteroatoms. The molecule has 1 unspecified atom stereocenters. The Balaban J connectivity index is 2.90. The van der Waals surface area contributed by atoms with Crippen molar-refractivity contribution in [1.29, 1.82) is 0 Å². The van der Waals surface area contributed by atoms with Crippen molar-refractivity contribution in [3.63, 3.8) is 0 Å². The van der Waals surface area contributed by atoms with Gasteiger partial charge in [0.1, 0.15) is 9.99 Å². The lowest BCUT2D eigenvalue weighted by Gasteiger charge is -2.09. The molecule has 1 aromatic rings. The van der Waals surface area contributed by atoms with Crippen molar-refractivity contribution in [3.8, 4) is 0 Å². The molecule has 1 atom stereocenters. The molecule has 0 aliphatic heterocycles. The van der Waals surface area contributed by atoms with Gasteiger partial charge in [-0.2, -0.15) is 0 Å². The van der Waals surface area contributed by atoms with E-state index in [1.54, 1.807) is 6.07 Å². The van der Waals surface area contributed by atoms with Gasteiger partial charge in [-0.05, 0) is 41.9 Å². The summed E-state index contributed by atoms with van der Waals surface area (Å²) in [5.41, 5.74) is 0. The Morgan fingerprint density at radius 3 is 2.53 bits per heavy atom. The molecule has 0 aliphatic carbocycles. The molecule has 15 heavy (non-hydrogen) atoms. The third-order valence-electron chi connectivity index (χ3n) is 1.76. The number of rotatable bonds is 4. The molecule has 1 heterocycles. The zero-order valence-electron chi connectivity index (χ0n) is 8.15. The van der Waals surface area contributed by atoms with E-state index in [4.69, 9.17) is 0 Å². The van der Waals surface area contributed by atoms with E-state index in [2.05, 4.69) is 20.7 Å². The van der Waals surface area contributed by atoms with E-state index >= 15 is 0 Å². The lowest BCUT2D eigenvalue weighted by Crippen LogP contribution is -2.36. The number of thiophene rings is 1. The third kappa shape index (κ3) is 3.37. The van der Waals surface area contributed by atoms with E-state index in [-0.39, 0.29) is 9.99 Å². The highest BCUT2D eigenvalue weighted by atomic mass is 79.9.